The quantitative estimate of drug-likeness (QED) is 0.526. The van der Waals surface area contributed by atoms with E-state index in [1.165, 1.54) is 0 Å². The molecule has 7 nitrogen and oxygen atoms in total. The van der Waals surface area contributed by atoms with Crippen molar-refractivity contribution < 1.29 is 8.42 Å². The first kappa shape index (κ1) is 13.0. The first-order chi connectivity index (χ1) is 8.32. The SMILES string of the molecule is Cc1cc(NC2(C)CCS(=O)(=O)C2)nc(NN)n1. The molecule has 0 radical (unpaired) electrons. The summed E-state index contributed by atoms with van der Waals surface area (Å²) >= 11 is 0. The van der Waals surface area contributed by atoms with Crippen molar-refractivity contribution in [2.24, 2.45) is 5.84 Å². The van der Waals surface area contributed by atoms with Gasteiger partial charge in [-0.2, -0.15) is 4.98 Å². The predicted octanol–water partition coefficient (Wildman–Crippen LogP) is 0.0597. The molecule has 4 N–H and O–H groups in total. The van der Waals surface area contributed by atoms with E-state index >= 15 is 0 Å². The molecule has 1 aromatic heterocycles. The van der Waals surface area contributed by atoms with Crippen LogP contribution < -0.4 is 16.6 Å². The first-order valence-corrected chi connectivity index (χ1v) is 7.45. The third-order valence-corrected chi connectivity index (χ3v) is 4.82. The number of aryl methyl sites for hydroxylation is 1. The average molecular weight is 271 g/mol. The van der Waals surface area contributed by atoms with Gasteiger partial charge in [-0.3, -0.25) is 5.43 Å². The van der Waals surface area contributed by atoms with Crippen molar-refractivity contribution in [2.45, 2.75) is 25.8 Å². The van der Waals surface area contributed by atoms with Gasteiger partial charge in [-0.05, 0) is 20.3 Å². The minimum atomic E-state index is -2.95. The number of rotatable bonds is 3. The second-order valence-electron chi connectivity index (χ2n) is 4.89. The van der Waals surface area contributed by atoms with E-state index < -0.39 is 15.4 Å². The summed E-state index contributed by atoms with van der Waals surface area (Å²) < 4.78 is 23.0. The summed E-state index contributed by atoms with van der Waals surface area (Å²) in [6.45, 7) is 3.70. The van der Waals surface area contributed by atoms with Gasteiger partial charge in [-0.15, -0.1) is 0 Å². The molecule has 0 bridgehead atoms. The molecule has 1 aliphatic rings. The zero-order valence-corrected chi connectivity index (χ0v) is 11.2. The topological polar surface area (TPSA) is 110 Å². The Labute approximate surface area is 106 Å². The number of hydrogen-bond donors (Lipinski definition) is 3. The van der Waals surface area contributed by atoms with E-state index in [0.717, 1.165) is 5.69 Å². The summed E-state index contributed by atoms with van der Waals surface area (Å²) in [5, 5.41) is 3.16. The van der Waals surface area contributed by atoms with Crippen molar-refractivity contribution in [3.8, 4) is 0 Å². The molecule has 1 unspecified atom stereocenters. The number of hydrazine groups is 1. The molecule has 0 spiro atoms. The van der Waals surface area contributed by atoms with Crippen LogP contribution in [-0.2, 0) is 9.84 Å². The Bertz CT molecular complexity index is 559. The van der Waals surface area contributed by atoms with E-state index in [4.69, 9.17) is 5.84 Å². The number of nitrogens with one attached hydrogen (secondary N) is 2. The standard InChI is InChI=1S/C10H17N5O2S/c1-7-5-8(13-9(12-7)15-11)14-10(2)3-4-18(16,17)6-10/h5H,3-4,6,11H2,1-2H3,(H2,12,13,14,15). The van der Waals surface area contributed by atoms with Gasteiger partial charge in [0.25, 0.3) is 0 Å². The van der Waals surface area contributed by atoms with Crippen molar-refractivity contribution in [2.75, 3.05) is 22.2 Å². The molecule has 0 aromatic carbocycles. The lowest BCUT2D eigenvalue weighted by atomic mass is 10.0. The number of nitrogens with zero attached hydrogens (tertiary/aromatic N) is 2. The van der Waals surface area contributed by atoms with Crippen LogP contribution >= 0.6 is 0 Å². The van der Waals surface area contributed by atoms with Crippen LogP contribution in [-0.4, -0.2) is 35.4 Å². The van der Waals surface area contributed by atoms with Crippen molar-refractivity contribution >= 4 is 21.6 Å². The average Bonchev–Trinajstić information content (AvgIpc) is 2.51. The minimum absolute atomic E-state index is 0.119. The van der Waals surface area contributed by atoms with Crippen molar-refractivity contribution in [1.29, 1.82) is 0 Å². The van der Waals surface area contributed by atoms with Gasteiger partial charge >= 0.3 is 0 Å². The van der Waals surface area contributed by atoms with Crippen LogP contribution in [0.25, 0.3) is 0 Å². The van der Waals surface area contributed by atoms with Crippen molar-refractivity contribution in [3.05, 3.63) is 11.8 Å². The fourth-order valence-corrected chi connectivity index (χ4v) is 4.21. The molecule has 0 amide bonds. The van der Waals surface area contributed by atoms with Gasteiger partial charge in [0, 0.05) is 11.8 Å². The predicted molar refractivity (Wildman–Crippen MR) is 69.9 cm³/mol. The van der Waals surface area contributed by atoms with Crippen LogP contribution in [0.2, 0.25) is 0 Å². The monoisotopic (exact) mass is 271 g/mol. The Kier molecular flexibility index (Phi) is 3.16. The van der Waals surface area contributed by atoms with Crippen LogP contribution in [0.5, 0.6) is 0 Å². The molecule has 8 heteroatoms. The lowest BCUT2D eigenvalue weighted by Crippen LogP contribution is -2.36. The molecule has 1 fully saturated rings. The van der Waals surface area contributed by atoms with Gasteiger partial charge in [-0.25, -0.2) is 19.2 Å². The van der Waals surface area contributed by atoms with Crippen molar-refractivity contribution in [1.82, 2.24) is 9.97 Å². The van der Waals surface area contributed by atoms with E-state index in [9.17, 15) is 8.42 Å². The fourth-order valence-electron chi connectivity index (χ4n) is 2.12. The minimum Gasteiger partial charge on any atom is -0.364 e. The zero-order valence-electron chi connectivity index (χ0n) is 10.4. The van der Waals surface area contributed by atoms with Gasteiger partial charge in [0.05, 0.1) is 17.0 Å². The highest BCUT2D eigenvalue weighted by Gasteiger charge is 2.38. The Hall–Kier alpha value is -1.41. The van der Waals surface area contributed by atoms with Gasteiger partial charge in [0.2, 0.25) is 5.95 Å². The van der Waals surface area contributed by atoms with Crippen molar-refractivity contribution in [3.63, 3.8) is 0 Å². The largest absolute Gasteiger partial charge is 0.364 e. The number of nitrogen functional groups attached to an aromatic ring is 1. The molecule has 1 saturated heterocycles. The lowest BCUT2D eigenvalue weighted by molar-refractivity contribution is 0.572. The molecule has 2 rings (SSSR count). The van der Waals surface area contributed by atoms with Crippen LogP contribution in [0.4, 0.5) is 11.8 Å². The molecule has 2 heterocycles. The van der Waals surface area contributed by atoms with E-state index in [1.807, 2.05) is 13.8 Å². The molecule has 100 valence electrons. The summed E-state index contributed by atoms with van der Waals surface area (Å²) in [6.07, 6.45) is 0.573. The number of sulfone groups is 1. The van der Waals surface area contributed by atoms with Crippen LogP contribution in [0.3, 0.4) is 0 Å². The van der Waals surface area contributed by atoms with Crippen LogP contribution in [0.1, 0.15) is 19.0 Å². The van der Waals surface area contributed by atoms with Gasteiger partial charge in [0.1, 0.15) is 5.82 Å². The Morgan fingerprint density at radius 2 is 2.17 bits per heavy atom. The third-order valence-electron chi connectivity index (χ3n) is 2.92. The maximum atomic E-state index is 11.5. The number of nitrogens with two attached hydrogens (primary N) is 1. The Morgan fingerprint density at radius 3 is 2.72 bits per heavy atom. The van der Waals surface area contributed by atoms with Crippen LogP contribution in [0, 0.1) is 6.92 Å². The Balaban J connectivity index is 2.22. The second-order valence-corrected chi connectivity index (χ2v) is 7.07. The summed E-state index contributed by atoms with van der Waals surface area (Å²) in [7, 11) is -2.95. The fraction of sp³-hybridized carbons (Fsp3) is 0.600. The summed E-state index contributed by atoms with van der Waals surface area (Å²) in [5.41, 5.74) is 2.66. The second kappa shape index (κ2) is 4.36. The molecule has 18 heavy (non-hydrogen) atoms. The van der Waals surface area contributed by atoms with Crippen LogP contribution in [0.15, 0.2) is 6.07 Å². The molecule has 0 aliphatic carbocycles. The highest BCUT2D eigenvalue weighted by molar-refractivity contribution is 7.91. The summed E-state index contributed by atoms with van der Waals surface area (Å²) in [6, 6.07) is 1.76. The van der Waals surface area contributed by atoms with E-state index in [1.54, 1.807) is 6.07 Å². The normalized spacial score (nSPS) is 25.9. The maximum Gasteiger partial charge on any atom is 0.239 e. The molecular formula is C10H17N5O2S. The van der Waals surface area contributed by atoms with Gasteiger partial charge in [0.15, 0.2) is 9.84 Å². The number of hydrogen-bond acceptors (Lipinski definition) is 7. The summed E-state index contributed by atoms with van der Waals surface area (Å²) in [5.74, 6) is 6.49. The van der Waals surface area contributed by atoms with Gasteiger partial charge in [-0.1, -0.05) is 0 Å². The zero-order chi connectivity index (χ0) is 13.4. The lowest BCUT2D eigenvalue weighted by Gasteiger charge is -2.24. The first-order valence-electron chi connectivity index (χ1n) is 5.63. The third kappa shape index (κ3) is 2.88. The number of aromatic nitrogens is 2. The molecular weight excluding hydrogens is 254 g/mol. The molecule has 1 aliphatic heterocycles. The van der Waals surface area contributed by atoms with Gasteiger partial charge < -0.3 is 5.32 Å². The summed E-state index contributed by atoms with van der Waals surface area (Å²) in [4.78, 5) is 8.23. The van der Waals surface area contributed by atoms with E-state index in [-0.39, 0.29) is 11.5 Å². The number of anilines is 2. The van der Waals surface area contributed by atoms with E-state index in [2.05, 4.69) is 20.7 Å². The molecule has 1 atom stereocenters. The smallest absolute Gasteiger partial charge is 0.239 e. The highest BCUT2D eigenvalue weighted by Crippen LogP contribution is 2.27. The molecule has 0 saturated carbocycles. The highest BCUT2D eigenvalue weighted by atomic mass is 32.2. The van der Waals surface area contributed by atoms with E-state index in [0.29, 0.717) is 18.2 Å². The maximum absolute atomic E-state index is 11.5. The Morgan fingerprint density at radius 1 is 1.44 bits per heavy atom. The molecule has 1 aromatic rings.